The number of hydrogen-bond acceptors (Lipinski definition) is 2. The highest BCUT2D eigenvalue weighted by molar-refractivity contribution is 5.80. The van der Waals surface area contributed by atoms with Crippen molar-refractivity contribution in [3.63, 3.8) is 0 Å². The number of nitrogens with two attached hydrogens (primary N) is 1. The average Bonchev–Trinajstić information content (AvgIpc) is 1.60. The maximum Gasteiger partial charge on any atom is 0.237 e. The molecule has 0 aromatic heterocycles. The quantitative estimate of drug-likeness (QED) is 0.555. The minimum absolute atomic E-state index is 0.472. The van der Waals surface area contributed by atoms with Crippen molar-refractivity contribution in [2.75, 3.05) is 0 Å². The summed E-state index contributed by atoms with van der Waals surface area (Å²) in [4.78, 5) is 10.5. The van der Waals surface area contributed by atoms with Crippen molar-refractivity contribution in [2.24, 2.45) is 11.1 Å². The van der Waals surface area contributed by atoms with Crippen molar-refractivity contribution in [3.05, 3.63) is 0 Å². The van der Waals surface area contributed by atoms with Crippen molar-refractivity contribution in [1.29, 1.82) is 0 Å². The molecule has 60 valence electrons. The van der Waals surface area contributed by atoms with Gasteiger partial charge < -0.3 is 5.73 Å². The van der Waals surface area contributed by atoms with E-state index < -0.39 is 17.4 Å². The zero-order valence-electron chi connectivity index (χ0n) is 6.44. The monoisotopic (exact) mass is 148 g/mol. The molecule has 10 heavy (non-hydrogen) atoms. The summed E-state index contributed by atoms with van der Waals surface area (Å²) in [7, 11) is 0. The molecule has 4 heteroatoms. The predicted molar refractivity (Wildman–Crippen MR) is 36.7 cm³/mol. The Hall–Kier alpha value is -0.640. The van der Waals surface area contributed by atoms with E-state index in [0.29, 0.717) is 0 Å². The molecule has 1 amide bonds. The molecule has 0 aliphatic heterocycles. The van der Waals surface area contributed by atoms with Crippen molar-refractivity contribution in [3.8, 4) is 0 Å². The largest absolute Gasteiger partial charge is 0.368 e. The van der Waals surface area contributed by atoms with Crippen molar-refractivity contribution in [1.82, 2.24) is 5.54 Å². The van der Waals surface area contributed by atoms with Crippen LogP contribution in [0.2, 0.25) is 0 Å². The van der Waals surface area contributed by atoms with Gasteiger partial charge in [0.2, 0.25) is 5.91 Å². The summed E-state index contributed by atoms with van der Waals surface area (Å²) in [5.41, 5.74) is 5.79. The van der Waals surface area contributed by atoms with Crippen LogP contribution >= 0.6 is 0 Å². The molecule has 0 saturated heterocycles. The van der Waals surface area contributed by atoms with Crippen LogP contribution in [0.1, 0.15) is 20.8 Å². The third kappa shape index (κ3) is 2.31. The normalized spacial score (nSPS) is 14.8. The van der Waals surface area contributed by atoms with Gasteiger partial charge in [0.15, 0.2) is 0 Å². The van der Waals surface area contributed by atoms with Gasteiger partial charge in [-0.3, -0.25) is 4.79 Å². The molecule has 0 aliphatic carbocycles. The number of nitrogens with one attached hydrogen (secondary N) is 1. The lowest BCUT2D eigenvalue weighted by Crippen LogP contribution is -2.46. The Morgan fingerprint density at radius 1 is 1.60 bits per heavy atom. The van der Waals surface area contributed by atoms with Gasteiger partial charge in [-0.1, -0.05) is 20.8 Å². The minimum Gasteiger partial charge on any atom is -0.368 e. The van der Waals surface area contributed by atoms with Crippen LogP contribution in [0.5, 0.6) is 0 Å². The van der Waals surface area contributed by atoms with E-state index in [0.717, 1.165) is 0 Å². The molecule has 0 aromatic rings. The summed E-state index contributed by atoms with van der Waals surface area (Å²) < 4.78 is 11.9. The lowest BCUT2D eigenvalue weighted by molar-refractivity contribution is -0.124. The molecule has 1 atom stereocenters. The highest BCUT2D eigenvalue weighted by atomic mass is 19.2. The molecular formula is C6H13FN2O. The first kappa shape index (κ1) is 9.36. The number of carbonyl (C=O) groups excluding carboxylic acids is 1. The third-order valence-corrected chi connectivity index (χ3v) is 1.26. The Kier molecular flexibility index (Phi) is 2.77. The molecule has 3 N–H and O–H groups in total. The van der Waals surface area contributed by atoms with Gasteiger partial charge >= 0.3 is 0 Å². The molecule has 3 nitrogen and oxygen atoms in total. The maximum atomic E-state index is 11.9. The summed E-state index contributed by atoms with van der Waals surface area (Å²) in [5, 5.41) is 0. The van der Waals surface area contributed by atoms with Crippen molar-refractivity contribution < 1.29 is 9.28 Å². The predicted octanol–water partition coefficient (Wildman–Crippen LogP) is 0.360. The van der Waals surface area contributed by atoms with E-state index in [4.69, 9.17) is 5.73 Å². The molecule has 0 saturated carbocycles. The fraction of sp³-hybridized carbons (Fsp3) is 0.833. The zero-order valence-corrected chi connectivity index (χ0v) is 6.44. The molecule has 0 fully saturated rings. The van der Waals surface area contributed by atoms with Crippen LogP contribution in [-0.4, -0.2) is 11.9 Å². The van der Waals surface area contributed by atoms with Gasteiger partial charge in [-0.25, -0.2) is 0 Å². The van der Waals surface area contributed by atoms with Gasteiger partial charge in [-0.05, 0) is 5.41 Å². The van der Waals surface area contributed by atoms with E-state index in [9.17, 15) is 9.28 Å². The molecule has 0 aliphatic rings. The first-order valence-electron chi connectivity index (χ1n) is 3.05. The topological polar surface area (TPSA) is 55.1 Å². The Balaban J connectivity index is 4.22. The van der Waals surface area contributed by atoms with E-state index in [-0.39, 0.29) is 0 Å². The van der Waals surface area contributed by atoms with Crippen molar-refractivity contribution in [2.45, 2.75) is 26.8 Å². The van der Waals surface area contributed by atoms with Crippen LogP contribution < -0.4 is 11.3 Å². The van der Waals surface area contributed by atoms with E-state index >= 15 is 0 Å². The molecule has 0 rings (SSSR count). The molecule has 1 unspecified atom stereocenters. The fourth-order valence-corrected chi connectivity index (χ4v) is 0.644. The second kappa shape index (κ2) is 2.96. The zero-order chi connectivity index (χ0) is 8.36. The minimum atomic E-state index is -0.910. The SMILES string of the molecule is CC(C)(C)C(NF)C(N)=O. The number of halogens is 1. The van der Waals surface area contributed by atoms with Gasteiger partial charge in [0.25, 0.3) is 0 Å². The molecular weight excluding hydrogens is 135 g/mol. The smallest absolute Gasteiger partial charge is 0.237 e. The van der Waals surface area contributed by atoms with E-state index in [1.807, 2.05) is 0 Å². The number of carbonyl (C=O) groups is 1. The van der Waals surface area contributed by atoms with Gasteiger partial charge in [0.05, 0.1) is 0 Å². The number of amides is 1. The standard InChI is InChI=1S/C6H13FN2O/c1-6(2,3)4(9-7)5(8)10/h4,9H,1-3H3,(H2,8,10). The Labute approximate surface area is 59.7 Å². The summed E-state index contributed by atoms with van der Waals surface area (Å²) in [6.45, 7) is 5.19. The molecule has 0 heterocycles. The van der Waals surface area contributed by atoms with E-state index in [1.165, 1.54) is 5.54 Å². The summed E-state index contributed by atoms with van der Waals surface area (Å²) >= 11 is 0. The molecule has 0 bridgehead atoms. The maximum absolute atomic E-state index is 11.9. The fourth-order valence-electron chi connectivity index (χ4n) is 0.644. The first-order chi connectivity index (χ1) is 4.39. The number of hydrogen-bond donors (Lipinski definition) is 2. The summed E-state index contributed by atoms with van der Waals surface area (Å²) in [6.07, 6.45) is 0. The number of primary amides is 1. The molecule has 0 spiro atoms. The van der Waals surface area contributed by atoms with Crippen LogP contribution in [0.25, 0.3) is 0 Å². The lowest BCUT2D eigenvalue weighted by Gasteiger charge is -2.24. The summed E-state index contributed by atoms with van der Waals surface area (Å²) in [6, 6.07) is -0.910. The Morgan fingerprint density at radius 2 is 2.00 bits per heavy atom. The van der Waals surface area contributed by atoms with Crippen LogP contribution in [0, 0.1) is 5.41 Å². The number of rotatable bonds is 2. The van der Waals surface area contributed by atoms with Gasteiger partial charge in [0.1, 0.15) is 6.04 Å². The van der Waals surface area contributed by atoms with Gasteiger partial charge in [-0.2, -0.15) is 0 Å². The van der Waals surface area contributed by atoms with E-state index in [1.54, 1.807) is 20.8 Å². The van der Waals surface area contributed by atoms with Crippen molar-refractivity contribution >= 4 is 5.91 Å². The Bertz CT molecular complexity index is 130. The first-order valence-corrected chi connectivity index (χ1v) is 3.05. The molecule has 0 aromatic carbocycles. The summed E-state index contributed by atoms with van der Waals surface area (Å²) in [5.74, 6) is -0.671. The second-order valence-corrected chi connectivity index (χ2v) is 3.31. The van der Waals surface area contributed by atoms with Gasteiger partial charge in [0, 0.05) is 0 Å². The van der Waals surface area contributed by atoms with Crippen LogP contribution in [0.4, 0.5) is 4.48 Å². The highest BCUT2D eigenvalue weighted by Crippen LogP contribution is 2.18. The second-order valence-electron chi connectivity index (χ2n) is 3.31. The van der Waals surface area contributed by atoms with E-state index in [2.05, 4.69) is 0 Å². The Morgan fingerprint density at radius 3 is 2.00 bits per heavy atom. The third-order valence-electron chi connectivity index (χ3n) is 1.26. The van der Waals surface area contributed by atoms with Gasteiger partial charge in [-0.15, -0.1) is 10.0 Å². The molecule has 0 radical (unpaired) electrons. The lowest BCUT2D eigenvalue weighted by atomic mass is 9.87. The average molecular weight is 148 g/mol. The van der Waals surface area contributed by atoms with Crippen LogP contribution in [0.15, 0.2) is 0 Å². The highest BCUT2D eigenvalue weighted by Gasteiger charge is 2.29. The van der Waals surface area contributed by atoms with Crippen LogP contribution in [-0.2, 0) is 4.79 Å². The van der Waals surface area contributed by atoms with Crippen LogP contribution in [0.3, 0.4) is 0 Å².